The highest BCUT2D eigenvalue weighted by molar-refractivity contribution is 7.92. The molecule has 0 aliphatic rings. The molecule has 0 unspecified atom stereocenters. The van der Waals surface area contributed by atoms with E-state index < -0.39 is 15.6 Å². The van der Waals surface area contributed by atoms with Gasteiger partial charge in [0.1, 0.15) is 9.88 Å². The number of aromatic amines is 1. The molecular weight excluding hydrogens is 336 g/mol. The lowest BCUT2D eigenvalue weighted by Crippen LogP contribution is -2.18. The maximum absolute atomic E-state index is 12.3. The Morgan fingerprint density at radius 2 is 2.05 bits per heavy atom. The molecule has 10 heteroatoms. The van der Waals surface area contributed by atoms with Gasteiger partial charge in [-0.1, -0.05) is 29.9 Å². The van der Waals surface area contributed by atoms with Crippen LogP contribution in [0.3, 0.4) is 0 Å². The lowest BCUT2D eigenvalue weighted by molar-refractivity contribution is 0.601. The van der Waals surface area contributed by atoms with Crippen molar-refractivity contribution in [2.75, 3.05) is 4.72 Å². The van der Waals surface area contributed by atoms with Gasteiger partial charge in [0.25, 0.3) is 15.6 Å². The first-order valence-corrected chi connectivity index (χ1v) is 7.74. The maximum Gasteiger partial charge on any atom is 0.264 e. The van der Waals surface area contributed by atoms with Crippen molar-refractivity contribution in [1.82, 2.24) is 10.2 Å². The van der Waals surface area contributed by atoms with Crippen LogP contribution in [-0.4, -0.2) is 23.6 Å². The summed E-state index contributed by atoms with van der Waals surface area (Å²) in [5, 5.41) is 5.67. The number of hydrogen-bond donors (Lipinski definition) is 3. The molecule has 1 aromatic heterocycles. The molecular formula is C11H9ClN4O3S2. The Morgan fingerprint density at radius 1 is 1.33 bits per heavy atom. The maximum atomic E-state index is 12.3. The molecule has 0 atom stereocenters. The first kappa shape index (κ1) is 15.4. The van der Waals surface area contributed by atoms with Gasteiger partial charge < -0.3 is 5.73 Å². The Hall–Kier alpha value is -1.97. The van der Waals surface area contributed by atoms with Gasteiger partial charge in [-0.2, -0.15) is 5.10 Å². The second kappa shape index (κ2) is 5.80. The number of thiocarbonyl (C=S) groups is 1. The Bertz CT molecular complexity index is 844. The van der Waals surface area contributed by atoms with E-state index in [1.807, 2.05) is 0 Å². The summed E-state index contributed by atoms with van der Waals surface area (Å²) in [6, 6.07) is 6.52. The number of rotatable bonds is 4. The third-order valence-corrected chi connectivity index (χ3v) is 4.50. The number of halogens is 1. The minimum atomic E-state index is -3.99. The number of H-pyrrole nitrogens is 1. The standard InChI is InChI=1S/C11H9ClN4O3S2/c12-7-2-1-6(11(13)20)5-8(7)21(18,19)16-9-3-4-10(17)15-14-9/h1-5H,(H2,13,20)(H,14,16)(H,15,17). The Kier molecular flexibility index (Phi) is 4.26. The molecule has 0 saturated heterocycles. The average molecular weight is 345 g/mol. The zero-order valence-corrected chi connectivity index (χ0v) is 12.7. The van der Waals surface area contributed by atoms with E-state index in [2.05, 4.69) is 14.9 Å². The number of sulfonamides is 1. The molecule has 0 fully saturated rings. The molecule has 21 heavy (non-hydrogen) atoms. The smallest absolute Gasteiger partial charge is 0.264 e. The lowest BCUT2D eigenvalue weighted by Gasteiger charge is -2.09. The second-order valence-corrected chi connectivity index (χ2v) is 6.42. The molecule has 110 valence electrons. The van der Waals surface area contributed by atoms with Crippen LogP contribution in [0, 0.1) is 0 Å². The Morgan fingerprint density at radius 3 is 2.62 bits per heavy atom. The van der Waals surface area contributed by atoms with Crippen LogP contribution < -0.4 is 16.0 Å². The summed E-state index contributed by atoms with van der Waals surface area (Å²) in [6.07, 6.45) is 0. The summed E-state index contributed by atoms with van der Waals surface area (Å²) >= 11 is 10.7. The first-order valence-electron chi connectivity index (χ1n) is 5.47. The van der Waals surface area contributed by atoms with Gasteiger partial charge in [-0.25, -0.2) is 13.5 Å². The molecule has 0 amide bonds. The van der Waals surface area contributed by atoms with Crippen molar-refractivity contribution in [2.24, 2.45) is 5.73 Å². The quantitative estimate of drug-likeness (QED) is 0.708. The van der Waals surface area contributed by atoms with Crippen LogP contribution >= 0.6 is 23.8 Å². The van der Waals surface area contributed by atoms with E-state index in [0.717, 1.165) is 6.07 Å². The van der Waals surface area contributed by atoms with Crippen LogP contribution in [0.5, 0.6) is 0 Å². The molecule has 0 radical (unpaired) electrons. The lowest BCUT2D eigenvalue weighted by atomic mass is 10.2. The van der Waals surface area contributed by atoms with Crippen molar-refractivity contribution in [1.29, 1.82) is 0 Å². The molecule has 0 bridgehead atoms. The number of nitrogens with one attached hydrogen (secondary N) is 2. The van der Waals surface area contributed by atoms with Crippen molar-refractivity contribution >= 4 is 44.6 Å². The fourth-order valence-corrected chi connectivity index (χ4v) is 3.11. The van der Waals surface area contributed by atoms with E-state index in [4.69, 9.17) is 29.6 Å². The van der Waals surface area contributed by atoms with E-state index in [0.29, 0.717) is 5.56 Å². The van der Waals surface area contributed by atoms with E-state index in [1.165, 1.54) is 24.3 Å². The summed E-state index contributed by atoms with van der Waals surface area (Å²) in [5.41, 5.74) is 5.38. The number of benzene rings is 1. The Labute approximate surface area is 130 Å². The van der Waals surface area contributed by atoms with Crippen molar-refractivity contribution in [3.8, 4) is 0 Å². The highest BCUT2D eigenvalue weighted by Crippen LogP contribution is 2.24. The topological polar surface area (TPSA) is 118 Å². The monoisotopic (exact) mass is 344 g/mol. The van der Waals surface area contributed by atoms with Gasteiger partial charge in [0.05, 0.1) is 5.02 Å². The summed E-state index contributed by atoms with van der Waals surface area (Å²) in [5.74, 6) is -0.0496. The van der Waals surface area contributed by atoms with Gasteiger partial charge in [0.15, 0.2) is 5.82 Å². The molecule has 1 aromatic carbocycles. The summed E-state index contributed by atoms with van der Waals surface area (Å²) in [4.78, 5) is 10.7. The minimum absolute atomic E-state index is 0.00641. The molecule has 7 nitrogen and oxygen atoms in total. The SMILES string of the molecule is NC(=S)c1ccc(Cl)c(S(=O)(=O)Nc2ccc(=O)[nH]n2)c1. The molecule has 0 saturated carbocycles. The van der Waals surface area contributed by atoms with E-state index in [-0.39, 0.29) is 20.7 Å². The van der Waals surface area contributed by atoms with Crippen molar-refractivity contribution < 1.29 is 8.42 Å². The van der Waals surface area contributed by atoms with Gasteiger partial charge >= 0.3 is 0 Å². The molecule has 0 spiro atoms. The zero-order valence-electron chi connectivity index (χ0n) is 10.3. The second-order valence-electron chi connectivity index (χ2n) is 3.92. The zero-order chi connectivity index (χ0) is 15.6. The largest absolute Gasteiger partial charge is 0.389 e. The average Bonchev–Trinajstić information content (AvgIpc) is 2.41. The number of hydrogen-bond acceptors (Lipinski definition) is 5. The molecule has 4 N–H and O–H groups in total. The number of anilines is 1. The van der Waals surface area contributed by atoms with E-state index in [1.54, 1.807) is 0 Å². The van der Waals surface area contributed by atoms with Crippen LogP contribution in [0.15, 0.2) is 40.0 Å². The third-order valence-electron chi connectivity index (χ3n) is 2.42. The van der Waals surface area contributed by atoms with Crippen molar-refractivity contribution in [3.63, 3.8) is 0 Å². The predicted octanol–water partition coefficient (Wildman–Crippen LogP) is 0.858. The van der Waals surface area contributed by atoms with Gasteiger partial charge in [0, 0.05) is 11.6 Å². The molecule has 0 aliphatic heterocycles. The molecule has 2 aromatic rings. The van der Waals surface area contributed by atoms with Crippen LogP contribution in [0.25, 0.3) is 0 Å². The van der Waals surface area contributed by atoms with Crippen LogP contribution in [-0.2, 0) is 10.0 Å². The van der Waals surface area contributed by atoms with Crippen molar-refractivity contribution in [3.05, 3.63) is 51.3 Å². The van der Waals surface area contributed by atoms with Gasteiger partial charge in [-0.15, -0.1) is 0 Å². The number of nitrogens with two attached hydrogens (primary N) is 1. The fourth-order valence-electron chi connectivity index (χ4n) is 1.46. The molecule has 2 rings (SSSR count). The van der Waals surface area contributed by atoms with E-state index in [9.17, 15) is 13.2 Å². The third kappa shape index (κ3) is 3.57. The van der Waals surface area contributed by atoms with Gasteiger partial charge in [-0.05, 0) is 18.2 Å². The van der Waals surface area contributed by atoms with E-state index >= 15 is 0 Å². The summed E-state index contributed by atoms with van der Waals surface area (Å²) in [6.45, 7) is 0. The fraction of sp³-hybridized carbons (Fsp3) is 0. The Balaban J connectivity index is 2.44. The molecule has 0 aliphatic carbocycles. The van der Waals surface area contributed by atoms with Crippen LogP contribution in [0.2, 0.25) is 5.02 Å². The summed E-state index contributed by atoms with van der Waals surface area (Å²) in [7, 11) is -3.99. The number of nitrogens with zero attached hydrogens (tertiary/aromatic N) is 1. The number of aromatic nitrogens is 2. The highest BCUT2D eigenvalue weighted by Gasteiger charge is 2.19. The summed E-state index contributed by atoms with van der Waals surface area (Å²) < 4.78 is 26.7. The van der Waals surface area contributed by atoms with Gasteiger partial charge in [0.2, 0.25) is 0 Å². The predicted molar refractivity (Wildman–Crippen MR) is 83.0 cm³/mol. The van der Waals surface area contributed by atoms with Crippen molar-refractivity contribution in [2.45, 2.75) is 4.90 Å². The first-order chi connectivity index (χ1) is 9.79. The van der Waals surface area contributed by atoms with Gasteiger partial charge in [-0.3, -0.25) is 9.52 Å². The van der Waals surface area contributed by atoms with Crippen LogP contribution in [0.1, 0.15) is 5.56 Å². The normalized spacial score (nSPS) is 11.1. The van der Waals surface area contributed by atoms with Crippen LogP contribution in [0.4, 0.5) is 5.82 Å². The minimum Gasteiger partial charge on any atom is -0.389 e. The highest BCUT2D eigenvalue weighted by atomic mass is 35.5. The molecule has 1 heterocycles.